The fourth-order valence-corrected chi connectivity index (χ4v) is 2.65. The van der Waals surface area contributed by atoms with Gasteiger partial charge in [-0.25, -0.2) is 4.98 Å². The topological polar surface area (TPSA) is 84.2 Å². The van der Waals surface area contributed by atoms with Gasteiger partial charge in [0.2, 0.25) is 17.7 Å². The first-order valence-electron chi connectivity index (χ1n) is 8.80. The van der Waals surface area contributed by atoms with E-state index >= 15 is 0 Å². The van der Waals surface area contributed by atoms with Crippen molar-refractivity contribution in [2.45, 2.75) is 19.8 Å². The molecule has 6 heteroatoms. The molecule has 2 N–H and O–H groups in total. The molecule has 0 aliphatic heterocycles. The molecule has 3 aromatic rings. The third kappa shape index (κ3) is 5.04. The van der Waals surface area contributed by atoms with Crippen LogP contribution in [-0.2, 0) is 22.4 Å². The smallest absolute Gasteiger partial charge is 0.243 e. The van der Waals surface area contributed by atoms with E-state index in [0.29, 0.717) is 11.6 Å². The van der Waals surface area contributed by atoms with Gasteiger partial charge < -0.3 is 15.1 Å². The molecule has 0 radical (unpaired) electrons. The SMILES string of the molecule is CCc1ccccc1NC(=O)CNC(=O)Cc1coc(-c2ccccc2)n1. The van der Waals surface area contributed by atoms with Gasteiger partial charge in [0.05, 0.1) is 18.7 Å². The number of aryl methyl sites for hydroxylation is 1. The lowest BCUT2D eigenvalue weighted by molar-refractivity contribution is -0.123. The van der Waals surface area contributed by atoms with E-state index in [-0.39, 0.29) is 24.8 Å². The van der Waals surface area contributed by atoms with Crippen molar-refractivity contribution < 1.29 is 14.0 Å². The minimum atomic E-state index is -0.290. The molecule has 0 unspecified atom stereocenters. The van der Waals surface area contributed by atoms with Crippen molar-refractivity contribution in [3.63, 3.8) is 0 Å². The fourth-order valence-electron chi connectivity index (χ4n) is 2.65. The summed E-state index contributed by atoms with van der Waals surface area (Å²) in [6, 6.07) is 17.1. The van der Waals surface area contributed by atoms with Gasteiger partial charge in [-0.2, -0.15) is 0 Å². The number of carbonyl (C=O) groups excluding carboxylic acids is 2. The van der Waals surface area contributed by atoms with Gasteiger partial charge in [-0.1, -0.05) is 43.3 Å². The minimum Gasteiger partial charge on any atom is -0.444 e. The van der Waals surface area contributed by atoms with Gasteiger partial charge in [-0.3, -0.25) is 9.59 Å². The highest BCUT2D eigenvalue weighted by Crippen LogP contribution is 2.18. The van der Waals surface area contributed by atoms with Gasteiger partial charge in [0, 0.05) is 11.3 Å². The van der Waals surface area contributed by atoms with Crippen molar-refractivity contribution in [3.8, 4) is 11.5 Å². The van der Waals surface area contributed by atoms with Gasteiger partial charge in [0.1, 0.15) is 6.26 Å². The predicted octanol–water partition coefficient (Wildman–Crippen LogP) is 3.20. The summed E-state index contributed by atoms with van der Waals surface area (Å²) in [6.07, 6.45) is 2.33. The Bertz CT molecular complexity index is 919. The van der Waals surface area contributed by atoms with Gasteiger partial charge >= 0.3 is 0 Å². The summed E-state index contributed by atoms with van der Waals surface area (Å²) in [5.41, 5.74) is 3.18. The first-order chi connectivity index (χ1) is 13.2. The average molecular weight is 363 g/mol. The molecular weight excluding hydrogens is 342 g/mol. The van der Waals surface area contributed by atoms with Crippen molar-refractivity contribution in [1.29, 1.82) is 0 Å². The summed E-state index contributed by atoms with van der Waals surface area (Å²) in [5, 5.41) is 5.42. The quantitative estimate of drug-likeness (QED) is 0.675. The first-order valence-corrected chi connectivity index (χ1v) is 8.80. The number of aromatic nitrogens is 1. The number of amides is 2. The van der Waals surface area contributed by atoms with Gasteiger partial charge in [0.15, 0.2) is 0 Å². The number of hydrogen-bond donors (Lipinski definition) is 2. The van der Waals surface area contributed by atoms with Crippen LogP contribution in [0.2, 0.25) is 0 Å². The Hall–Kier alpha value is -3.41. The van der Waals surface area contributed by atoms with Crippen molar-refractivity contribution in [1.82, 2.24) is 10.3 Å². The zero-order chi connectivity index (χ0) is 19.1. The zero-order valence-corrected chi connectivity index (χ0v) is 15.1. The molecule has 0 atom stereocenters. The van der Waals surface area contributed by atoms with Gasteiger partial charge in [-0.05, 0) is 30.2 Å². The summed E-state index contributed by atoms with van der Waals surface area (Å²) >= 11 is 0. The number of anilines is 1. The third-order valence-electron chi connectivity index (χ3n) is 4.03. The Labute approximate surface area is 157 Å². The fraction of sp³-hybridized carbons (Fsp3) is 0.190. The highest BCUT2D eigenvalue weighted by Gasteiger charge is 2.12. The number of nitrogens with one attached hydrogen (secondary N) is 2. The molecular formula is C21H21N3O3. The van der Waals surface area contributed by atoms with Gasteiger partial charge in [-0.15, -0.1) is 0 Å². The largest absolute Gasteiger partial charge is 0.444 e. The predicted molar refractivity (Wildman–Crippen MR) is 103 cm³/mol. The number of rotatable bonds is 7. The minimum absolute atomic E-state index is 0.0508. The molecule has 1 heterocycles. The molecule has 1 aromatic heterocycles. The lowest BCUT2D eigenvalue weighted by atomic mass is 10.1. The molecule has 2 amide bonds. The lowest BCUT2D eigenvalue weighted by Gasteiger charge is -2.10. The Morgan fingerprint density at radius 3 is 2.52 bits per heavy atom. The maximum Gasteiger partial charge on any atom is 0.243 e. The second kappa shape index (κ2) is 8.80. The number of nitrogens with zero attached hydrogens (tertiary/aromatic N) is 1. The monoisotopic (exact) mass is 363 g/mol. The summed E-state index contributed by atoms with van der Waals surface area (Å²) in [6.45, 7) is 1.93. The third-order valence-corrected chi connectivity index (χ3v) is 4.03. The van der Waals surface area contributed by atoms with E-state index in [9.17, 15) is 9.59 Å². The maximum absolute atomic E-state index is 12.1. The molecule has 0 spiro atoms. The van der Waals surface area contributed by atoms with Crippen LogP contribution in [-0.4, -0.2) is 23.3 Å². The van der Waals surface area contributed by atoms with E-state index in [2.05, 4.69) is 15.6 Å². The first kappa shape index (κ1) is 18.4. The van der Waals surface area contributed by atoms with E-state index in [1.165, 1.54) is 6.26 Å². The van der Waals surface area contributed by atoms with Crippen molar-refractivity contribution in [2.75, 3.05) is 11.9 Å². The normalized spacial score (nSPS) is 10.4. The summed E-state index contributed by atoms with van der Waals surface area (Å²) in [5.74, 6) is -0.0940. The molecule has 0 bridgehead atoms. The van der Waals surface area contributed by atoms with Crippen LogP contribution < -0.4 is 10.6 Å². The Kier molecular flexibility index (Phi) is 5.99. The van der Waals surface area contributed by atoms with Crippen LogP contribution in [0.15, 0.2) is 65.3 Å². The van der Waals surface area contributed by atoms with Crippen molar-refractivity contribution in [2.24, 2.45) is 0 Å². The molecule has 0 aliphatic carbocycles. The number of carbonyl (C=O) groups is 2. The Morgan fingerprint density at radius 2 is 1.74 bits per heavy atom. The summed E-state index contributed by atoms with van der Waals surface area (Å²) in [4.78, 5) is 28.4. The Morgan fingerprint density at radius 1 is 1.00 bits per heavy atom. The second-order valence-corrected chi connectivity index (χ2v) is 6.02. The van der Waals surface area contributed by atoms with Crippen LogP contribution in [0.3, 0.4) is 0 Å². The van der Waals surface area contributed by atoms with E-state index in [0.717, 1.165) is 23.2 Å². The molecule has 0 saturated heterocycles. The molecule has 27 heavy (non-hydrogen) atoms. The molecule has 6 nitrogen and oxygen atoms in total. The highest BCUT2D eigenvalue weighted by atomic mass is 16.3. The molecule has 0 saturated carbocycles. The summed E-state index contributed by atoms with van der Waals surface area (Å²) in [7, 11) is 0. The van der Waals surface area contributed by atoms with E-state index < -0.39 is 0 Å². The number of para-hydroxylation sites is 1. The second-order valence-electron chi connectivity index (χ2n) is 6.02. The van der Waals surface area contributed by atoms with Crippen molar-refractivity contribution >= 4 is 17.5 Å². The van der Waals surface area contributed by atoms with Crippen LogP contribution in [0.5, 0.6) is 0 Å². The van der Waals surface area contributed by atoms with E-state index in [1.54, 1.807) is 0 Å². The molecule has 138 valence electrons. The van der Waals surface area contributed by atoms with Crippen LogP contribution in [0.4, 0.5) is 5.69 Å². The standard InChI is InChI=1S/C21H21N3O3/c1-2-15-8-6-7-11-18(15)24-20(26)13-22-19(25)12-17-14-27-21(23-17)16-9-4-3-5-10-16/h3-11,14H,2,12-13H2,1H3,(H,22,25)(H,24,26). The van der Waals surface area contributed by atoms with Crippen LogP contribution >= 0.6 is 0 Å². The zero-order valence-electron chi connectivity index (χ0n) is 15.1. The number of oxazole rings is 1. The van der Waals surface area contributed by atoms with E-state index in [1.807, 2.05) is 61.5 Å². The Balaban J connectivity index is 1.50. The highest BCUT2D eigenvalue weighted by molar-refractivity contribution is 5.95. The summed E-state index contributed by atoms with van der Waals surface area (Å²) < 4.78 is 5.41. The van der Waals surface area contributed by atoms with E-state index in [4.69, 9.17) is 4.42 Å². The molecule has 3 rings (SSSR count). The molecule has 2 aromatic carbocycles. The molecule has 0 fully saturated rings. The van der Waals surface area contributed by atoms with Crippen molar-refractivity contribution in [3.05, 3.63) is 72.1 Å². The van der Waals surface area contributed by atoms with Crippen LogP contribution in [0, 0.1) is 0 Å². The number of hydrogen-bond acceptors (Lipinski definition) is 4. The lowest BCUT2D eigenvalue weighted by Crippen LogP contribution is -2.34. The van der Waals surface area contributed by atoms with Crippen LogP contribution in [0.25, 0.3) is 11.5 Å². The van der Waals surface area contributed by atoms with Gasteiger partial charge in [0.25, 0.3) is 0 Å². The number of benzene rings is 2. The molecule has 0 aliphatic rings. The maximum atomic E-state index is 12.1. The van der Waals surface area contributed by atoms with Crippen LogP contribution in [0.1, 0.15) is 18.2 Å². The average Bonchev–Trinajstić information content (AvgIpc) is 3.16.